The summed E-state index contributed by atoms with van der Waals surface area (Å²) in [4.78, 5) is 29.1. The number of amides is 1. The zero-order valence-electron chi connectivity index (χ0n) is 14.3. The van der Waals surface area contributed by atoms with Crippen LogP contribution in [0.15, 0.2) is 53.3 Å². The van der Waals surface area contributed by atoms with Crippen LogP contribution in [0.5, 0.6) is 5.75 Å². The number of hydrogen-bond acceptors (Lipinski definition) is 5. The summed E-state index contributed by atoms with van der Waals surface area (Å²) < 4.78 is 29.9. The van der Waals surface area contributed by atoms with Gasteiger partial charge in [0, 0.05) is 12.1 Å². The number of fused-ring (bicyclic) bond motifs is 1. The third-order valence-corrected chi connectivity index (χ3v) is 3.81. The van der Waals surface area contributed by atoms with Gasteiger partial charge >= 0.3 is 6.61 Å². The molecule has 1 aromatic heterocycles. The third kappa shape index (κ3) is 4.02. The molecule has 140 valence electrons. The molecule has 0 radical (unpaired) electrons. The average molecular weight is 374 g/mol. The lowest BCUT2D eigenvalue weighted by Gasteiger charge is -2.14. The van der Waals surface area contributed by atoms with Crippen molar-refractivity contribution < 1.29 is 18.3 Å². The topological polar surface area (TPSA) is 85.2 Å². The van der Waals surface area contributed by atoms with Gasteiger partial charge < -0.3 is 4.74 Å². The van der Waals surface area contributed by atoms with E-state index >= 15 is 0 Å². The summed E-state index contributed by atoms with van der Waals surface area (Å²) >= 11 is 0. The Bertz CT molecular complexity index is 1020. The van der Waals surface area contributed by atoms with E-state index in [9.17, 15) is 18.4 Å². The molecular formula is C18H16F2N4O3. The van der Waals surface area contributed by atoms with Gasteiger partial charge in [0.05, 0.1) is 10.9 Å². The SMILES string of the molecule is CCn1c(NNC(=O)c2ccc(OC(F)F)cc2)nc2ccccc2c1=O. The second kappa shape index (κ2) is 7.81. The molecule has 9 heteroatoms. The van der Waals surface area contributed by atoms with Crippen LogP contribution >= 0.6 is 0 Å². The number of nitrogens with one attached hydrogen (secondary N) is 2. The van der Waals surface area contributed by atoms with Crippen molar-refractivity contribution >= 4 is 22.8 Å². The first-order valence-electron chi connectivity index (χ1n) is 8.10. The van der Waals surface area contributed by atoms with Crippen LogP contribution in [0.1, 0.15) is 17.3 Å². The number of rotatable bonds is 6. The van der Waals surface area contributed by atoms with Crippen LogP contribution in [0, 0.1) is 0 Å². The van der Waals surface area contributed by atoms with E-state index in [1.165, 1.54) is 28.8 Å². The van der Waals surface area contributed by atoms with Gasteiger partial charge in [0.25, 0.3) is 11.5 Å². The van der Waals surface area contributed by atoms with Gasteiger partial charge in [-0.2, -0.15) is 8.78 Å². The number of para-hydroxylation sites is 1. The van der Waals surface area contributed by atoms with Crippen LogP contribution in [0.25, 0.3) is 10.9 Å². The normalized spacial score (nSPS) is 10.8. The lowest BCUT2D eigenvalue weighted by atomic mass is 10.2. The Hall–Kier alpha value is -3.49. The van der Waals surface area contributed by atoms with E-state index in [0.29, 0.717) is 17.4 Å². The van der Waals surface area contributed by atoms with E-state index in [1.54, 1.807) is 31.2 Å². The predicted molar refractivity (Wildman–Crippen MR) is 95.8 cm³/mol. The molecule has 0 saturated heterocycles. The highest BCUT2D eigenvalue weighted by Crippen LogP contribution is 2.15. The molecule has 1 heterocycles. The molecule has 0 atom stereocenters. The monoisotopic (exact) mass is 374 g/mol. The van der Waals surface area contributed by atoms with Gasteiger partial charge in [-0.1, -0.05) is 12.1 Å². The van der Waals surface area contributed by atoms with Gasteiger partial charge in [-0.15, -0.1) is 0 Å². The fourth-order valence-corrected chi connectivity index (χ4v) is 2.53. The summed E-state index contributed by atoms with van der Waals surface area (Å²) in [5.41, 5.74) is 5.57. The number of hydrazine groups is 1. The van der Waals surface area contributed by atoms with Gasteiger partial charge in [-0.05, 0) is 43.3 Å². The lowest BCUT2D eigenvalue weighted by molar-refractivity contribution is -0.0498. The number of ether oxygens (including phenoxy) is 1. The molecule has 0 aliphatic rings. The Labute approximate surface area is 152 Å². The van der Waals surface area contributed by atoms with Gasteiger partial charge in [0.1, 0.15) is 5.75 Å². The van der Waals surface area contributed by atoms with Crippen molar-refractivity contribution in [3.05, 3.63) is 64.4 Å². The zero-order chi connectivity index (χ0) is 19.4. The van der Waals surface area contributed by atoms with E-state index in [1.807, 2.05) is 0 Å². The molecule has 3 aromatic rings. The molecule has 27 heavy (non-hydrogen) atoms. The van der Waals surface area contributed by atoms with Crippen LogP contribution in [0.4, 0.5) is 14.7 Å². The summed E-state index contributed by atoms with van der Waals surface area (Å²) in [5.74, 6) is -0.388. The minimum Gasteiger partial charge on any atom is -0.435 e. The van der Waals surface area contributed by atoms with Crippen LogP contribution < -0.4 is 21.1 Å². The largest absolute Gasteiger partial charge is 0.435 e. The van der Waals surface area contributed by atoms with E-state index < -0.39 is 12.5 Å². The standard InChI is InChI=1S/C18H16F2N4O3/c1-2-24-16(26)13-5-3-4-6-14(13)21-18(24)23-22-15(25)11-7-9-12(10-8-11)27-17(19)20/h3-10,17H,2H2,1H3,(H,21,23)(H,22,25). The van der Waals surface area contributed by atoms with Crippen LogP contribution in [-0.4, -0.2) is 22.1 Å². The zero-order valence-corrected chi connectivity index (χ0v) is 14.3. The van der Waals surface area contributed by atoms with Crippen molar-refractivity contribution in [3.63, 3.8) is 0 Å². The molecule has 0 unspecified atom stereocenters. The molecule has 0 aliphatic carbocycles. The van der Waals surface area contributed by atoms with E-state index in [-0.39, 0.29) is 22.8 Å². The molecule has 0 aliphatic heterocycles. The highest BCUT2D eigenvalue weighted by molar-refractivity contribution is 5.94. The highest BCUT2D eigenvalue weighted by atomic mass is 19.3. The van der Waals surface area contributed by atoms with Crippen LogP contribution in [0.3, 0.4) is 0 Å². The summed E-state index contributed by atoms with van der Waals surface area (Å²) in [6.07, 6.45) is 0. The van der Waals surface area contributed by atoms with Crippen LogP contribution in [0.2, 0.25) is 0 Å². The van der Waals surface area contributed by atoms with Crippen molar-refractivity contribution in [3.8, 4) is 5.75 Å². The van der Waals surface area contributed by atoms with Crippen molar-refractivity contribution in [2.45, 2.75) is 20.1 Å². The second-order valence-corrected chi connectivity index (χ2v) is 5.48. The first-order valence-corrected chi connectivity index (χ1v) is 8.10. The van der Waals surface area contributed by atoms with Gasteiger partial charge in [0.15, 0.2) is 0 Å². The first kappa shape index (κ1) is 18.3. The minimum atomic E-state index is -2.93. The third-order valence-electron chi connectivity index (χ3n) is 3.81. The molecule has 0 spiro atoms. The number of nitrogens with zero attached hydrogens (tertiary/aromatic N) is 2. The van der Waals surface area contributed by atoms with E-state index in [4.69, 9.17) is 0 Å². The molecule has 3 rings (SSSR count). The van der Waals surface area contributed by atoms with E-state index in [2.05, 4.69) is 20.6 Å². The second-order valence-electron chi connectivity index (χ2n) is 5.48. The fraction of sp³-hybridized carbons (Fsp3) is 0.167. The minimum absolute atomic E-state index is 0.0504. The molecule has 1 amide bonds. The summed E-state index contributed by atoms with van der Waals surface area (Å²) in [5, 5.41) is 0.478. The van der Waals surface area contributed by atoms with Gasteiger partial charge in [0.2, 0.25) is 5.95 Å². The first-order chi connectivity index (χ1) is 13.0. The Kier molecular flexibility index (Phi) is 5.30. The van der Waals surface area contributed by atoms with Crippen molar-refractivity contribution in [2.24, 2.45) is 0 Å². The predicted octanol–water partition coefficient (Wildman–Crippen LogP) is 2.77. The molecule has 2 aromatic carbocycles. The van der Waals surface area contributed by atoms with Crippen molar-refractivity contribution in [2.75, 3.05) is 5.43 Å². The quantitative estimate of drug-likeness (QED) is 0.648. The number of alkyl halides is 2. The van der Waals surface area contributed by atoms with Gasteiger partial charge in [-0.25, -0.2) is 4.98 Å². The molecule has 7 nitrogen and oxygen atoms in total. The number of carbonyl (C=O) groups is 1. The maximum atomic E-state index is 12.5. The molecule has 0 fully saturated rings. The maximum Gasteiger partial charge on any atom is 0.387 e. The smallest absolute Gasteiger partial charge is 0.387 e. The Morgan fingerprint density at radius 3 is 2.56 bits per heavy atom. The number of halogens is 2. The molecular weight excluding hydrogens is 358 g/mol. The number of carbonyl (C=O) groups excluding carboxylic acids is 1. The molecule has 2 N–H and O–H groups in total. The summed E-state index contributed by atoms with van der Waals surface area (Å²) in [7, 11) is 0. The Morgan fingerprint density at radius 1 is 1.19 bits per heavy atom. The number of hydrogen-bond donors (Lipinski definition) is 2. The summed E-state index contributed by atoms with van der Waals surface area (Å²) in [6, 6.07) is 12.1. The van der Waals surface area contributed by atoms with Crippen molar-refractivity contribution in [1.29, 1.82) is 0 Å². The number of benzene rings is 2. The van der Waals surface area contributed by atoms with Crippen LogP contribution in [-0.2, 0) is 6.54 Å². The lowest BCUT2D eigenvalue weighted by Crippen LogP contribution is -2.34. The number of aromatic nitrogens is 2. The molecule has 0 bridgehead atoms. The Morgan fingerprint density at radius 2 is 1.89 bits per heavy atom. The number of anilines is 1. The fourth-order valence-electron chi connectivity index (χ4n) is 2.53. The average Bonchev–Trinajstić information content (AvgIpc) is 2.66. The van der Waals surface area contributed by atoms with Crippen molar-refractivity contribution in [1.82, 2.24) is 15.0 Å². The summed E-state index contributed by atoms with van der Waals surface area (Å²) in [6.45, 7) is -0.794. The maximum absolute atomic E-state index is 12.5. The highest BCUT2D eigenvalue weighted by Gasteiger charge is 2.12. The Balaban J connectivity index is 1.78. The van der Waals surface area contributed by atoms with E-state index in [0.717, 1.165) is 0 Å². The van der Waals surface area contributed by atoms with Gasteiger partial charge in [-0.3, -0.25) is 25.0 Å². The molecule has 0 saturated carbocycles.